The van der Waals surface area contributed by atoms with E-state index in [1.807, 2.05) is 18.4 Å². The zero-order valence-corrected chi connectivity index (χ0v) is 13.3. The molecule has 0 bridgehead atoms. The highest BCUT2D eigenvalue weighted by Crippen LogP contribution is 2.33. The molecule has 0 aliphatic heterocycles. The number of carbonyl (C=O) groups is 1. The van der Waals surface area contributed by atoms with Crippen LogP contribution in [-0.4, -0.2) is 15.5 Å². The lowest BCUT2D eigenvalue weighted by Crippen LogP contribution is -2.33. The number of nitrogens with two attached hydrogens (primary N) is 1. The lowest BCUT2D eigenvalue weighted by molar-refractivity contribution is -0.119. The molecule has 6 heteroatoms. The van der Waals surface area contributed by atoms with Gasteiger partial charge in [0.25, 0.3) is 0 Å². The Labute approximate surface area is 128 Å². The fourth-order valence-electron chi connectivity index (χ4n) is 2.63. The van der Waals surface area contributed by atoms with Crippen molar-refractivity contribution in [2.24, 2.45) is 5.73 Å². The molecule has 2 rings (SSSR count). The summed E-state index contributed by atoms with van der Waals surface area (Å²) in [5, 5.41) is -0.368. The Hall–Kier alpha value is -1.62. The van der Waals surface area contributed by atoms with Gasteiger partial charge in [0.15, 0.2) is 0 Å². The highest BCUT2D eigenvalue weighted by atomic mass is 35.5. The molecule has 2 aromatic rings. The van der Waals surface area contributed by atoms with Gasteiger partial charge in [-0.1, -0.05) is 0 Å². The molecule has 1 atom stereocenters. The molecule has 0 aliphatic carbocycles. The largest absolute Gasteiger partial charge is 0.370 e. The second kappa shape index (κ2) is 5.30. The predicted octanol–water partition coefficient (Wildman–Crippen LogP) is 3.39. The molecular weight excluding hydrogens is 293 g/mol. The van der Waals surface area contributed by atoms with E-state index in [1.54, 1.807) is 19.9 Å². The van der Waals surface area contributed by atoms with Crippen molar-refractivity contribution in [2.75, 3.05) is 0 Å². The van der Waals surface area contributed by atoms with Gasteiger partial charge in [-0.05, 0) is 39.3 Å². The van der Waals surface area contributed by atoms with Crippen molar-refractivity contribution in [1.29, 1.82) is 0 Å². The summed E-state index contributed by atoms with van der Waals surface area (Å²) < 4.78 is 15.6. The number of benzene rings is 1. The van der Waals surface area contributed by atoms with Crippen LogP contribution in [0.5, 0.6) is 0 Å². The van der Waals surface area contributed by atoms with Gasteiger partial charge in [0.2, 0.25) is 5.91 Å². The summed E-state index contributed by atoms with van der Waals surface area (Å²) in [7, 11) is 0. The number of nitrogens with zero attached hydrogens (tertiary/aromatic N) is 2. The molecule has 1 heterocycles. The monoisotopic (exact) mass is 311 g/mol. The van der Waals surface area contributed by atoms with Crippen LogP contribution in [0.3, 0.4) is 0 Å². The molecule has 2 N–H and O–H groups in total. The number of halogens is 2. The smallest absolute Gasteiger partial charge is 0.219 e. The fraction of sp³-hybridized carbons (Fsp3) is 0.467. The first-order valence-electron chi connectivity index (χ1n) is 6.75. The van der Waals surface area contributed by atoms with Crippen molar-refractivity contribution >= 4 is 28.5 Å². The maximum absolute atomic E-state index is 13.7. The first-order chi connectivity index (χ1) is 9.63. The molecule has 21 heavy (non-hydrogen) atoms. The number of hydrogen-bond donors (Lipinski definition) is 1. The zero-order chi connectivity index (χ0) is 15.9. The lowest BCUT2D eigenvalue weighted by Gasteiger charge is -2.29. The van der Waals surface area contributed by atoms with Crippen LogP contribution < -0.4 is 5.73 Å². The maximum atomic E-state index is 13.7. The number of carbonyl (C=O) groups excluding carboxylic acids is 1. The number of primary amides is 1. The van der Waals surface area contributed by atoms with Crippen molar-refractivity contribution < 1.29 is 9.18 Å². The van der Waals surface area contributed by atoms with Gasteiger partial charge in [-0.15, -0.1) is 11.6 Å². The van der Waals surface area contributed by atoms with Gasteiger partial charge >= 0.3 is 0 Å². The molecular formula is C15H19ClFN3O. The molecule has 0 aliphatic rings. The Morgan fingerprint density at radius 3 is 2.67 bits per heavy atom. The van der Waals surface area contributed by atoms with Crippen LogP contribution in [0.2, 0.25) is 0 Å². The standard InChI is InChI=1S/C15H19ClFN3O/c1-8-5-12-11(6-10(8)17)19-14(9(2)16)20(12)15(3,4)7-13(18)21/h5-6,9H,7H2,1-4H3,(H2,18,21). The SMILES string of the molecule is Cc1cc2c(cc1F)nc(C(C)Cl)n2C(C)(C)CC(N)=O. The molecule has 0 radical (unpaired) electrons. The Morgan fingerprint density at radius 2 is 2.14 bits per heavy atom. The summed E-state index contributed by atoms with van der Waals surface area (Å²) in [5.41, 5.74) is 6.55. The van der Waals surface area contributed by atoms with E-state index in [2.05, 4.69) is 4.98 Å². The third-order valence-corrected chi connectivity index (χ3v) is 3.72. The van der Waals surface area contributed by atoms with Crippen LogP contribution in [0.1, 0.15) is 44.0 Å². The number of fused-ring (bicyclic) bond motifs is 1. The molecule has 1 amide bonds. The maximum Gasteiger partial charge on any atom is 0.219 e. The summed E-state index contributed by atoms with van der Waals surface area (Å²) in [6.07, 6.45) is 0.144. The first kappa shape index (κ1) is 15.8. The summed E-state index contributed by atoms with van der Waals surface area (Å²) in [6, 6.07) is 3.12. The van der Waals surface area contributed by atoms with E-state index in [4.69, 9.17) is 17.3 Å². The molecule has 1 unspecified atom stereocenters. The average Bonchev–Trinajstić information content (AvgIpc) is 2.67. The van der Waals surface area contributed by atoms with Gasteiger partial charge in [0.05, 0.1) is 16.4 Å². The second-order valence-electron chi connectivity index (χ2n) is 5.97. The van der Waals surface area contributed by atoms with E-state index in [9.17, 15) is 9.18 Å². The summed E-state index contributed by atoms with van der Waals surface area (Å²) in [5.74, 6) is -0.120. The van der Waals surface area contributed by atoms with Crippen molar-refractivity contribution in [3.63, 3.8) is 0 Å². The normalized spacial score (nSPS) is 13.6. The van der Waals surface area contributed by atoms with Gasteiger partial charge < -0.3 is 10.3 Å². The molecule has 0 spiro atoms. The minimum absolute atomic E-state index is 0.144. The number of imidazole rings is 1. The van der Waals surface area contributed by atoms with Crippen molar-refractivity contribution in [3.05, 3.63) is 29.3 Å². The van der Waals surface area contributed by atoms with Crippen LogP contribution in [0.25, 0.3) is 11.0 Å². The Morgan fingerprint density at radius 1 is 1.52 bits per heavy atom. The van der Waals surface area contributed by atoms with Gasteiger partial charge in [0, 0.05) is 18.0 Å². The van der Waals surface area contributed by atoms with Gasteiger partial charge in [0.1, 0.15) is 11.6 Å². The summed E-state index contributed by atoms with van der Waals surface area (Å²) in [6.45, 7) is 7.26. The van der Waals surface area contributed by atoms with E-state index >= 15 is 0 Å². The van der Waals surface area contributed by atoms with Crippen LogP contribution >= 0.6 is 11.6 Å². The zero-order valence-electron chi connectivity index (χ0n) is 12.6. The molecule has 0 saturated carbocycles. The van der Waals surface area contributed by atoms with Crippen LogP contribution in [-0.2, 0) is 10.3 Å². The number of aromatic nitrogens is 2. The van der Waals surface area contributed by atoms with Crippen molar-refractivity contribution in [2.45, 2.75) is 45.0 Å². The Kier molecular flexibility index (Phi) is 3.97. The quantitative estimate of drug-likeness (QED) is 0.880. The molecule has 114 valence electrons. The number of aryl methyl sites for hydroxylation is 1. The first-order valence-corrected chi connectivity index (χ1v) is 7.18. The summed E-state index contributed by atoms with van der Waals surface area (Å²) >= 11 is 6.21. The van der Waals surface area contributed by atoms with Gasteiger partial charge in [-0.2, -0.15) is 0 Å². The fourth-order valence-corrected chi connectivity index (χ4v) is 2.78. The van der Waals surface area contributed by atoms with Gasteiger partial charge in [-0.25, -0.2) is 9.37 Å². The van der Waals surface area contributed by atoms with Crippen molar-refractivity contribution in [3.8, 4) is 0 Å². The molecule has 1 aromatic carbocycles. The van der Waals surface area contributed by atoms with Crippen LogP contribution in [0.15, 0.2) is 12.1 Å². The van der Waals surface area contributed by atoms with Crippen LogP contribution in [0, 0.1) is 12.7 Å². The number of alkyl halides is 1. The van der Waals surface area contributed by atoms with E-state index in [0.717, 1.165) is 5.52 Å². The van der Waals surface area contributed by atoms with Gasteiger partial charge in [-0.3, -0.25) is 4.79 Å². The van der Waals surface area contributed by atoms with E-state index in [1.165, 1.54) is 6.07 Å². The lowest BCUT2D eigenvalue weighted by atomic mass is 9.99. The highest BCUT2D eigenvalue weighted by Gasteiger charge is 2.29. The van der Waals surface area contributed by atoms with Crippen LogP contribution in [0.4, 0.5) is 4.39 Å². The Bertz CT molecular complexity index is 706. The number of hydrogen-bond acceptors (Lipinski definition) is 2. The van der Waals surface area contributed by atoms with E-state index in [0.29, 0.717) is 16.9 Å². The highest BCUT2D eigenvalue weighted by molar-refractivity contribution is 6.20. The summed E-state index contributed by atoms with van der Waals surface area (Å²) in [4.78, 5) is 15.8. The van der Waals surface area contributed by atoms with E-state index in [-0.39, 0.29) is 17.6 Å². The second-order valence-corrected chi connectivity index (χ2v) is 6.62. The molecule has 4 nitrogen and oxygen atoms in total. The molecule has 0 saturated heterocycles. The average molecular weight is 312 g/mol. The number of amides is 1. The molecule has 1 aromatic heterocycles. The topological polar surface area (TPSA) is 60.9 Å². The minimum atomic E-state index is -0.594. The Balaban J connectivity index is 2.77. The third-order valence-electron chi connectivity index (χ3n) is 3.53. The molecule has 0 fully saturated rings. The third kappa shape index (κ3) is 2.88. The van der Waals surface area contributed by atoms with E-state index < -0.39 is 11.4 Å². The van der Waals surface area contributed by atoms with Crippen molar-refractivity contribution in [1.82, 2.24) is 9.55 Å². The number of rotatable bonds is 4. The minimum Gasteiger partial charge on any atom is -0.370 e. The predicted molar refractivity (Wildman–Crippen MR) is 81.8 cm³/mol.